The number of benzene rings is 2. The number of rotatable bonds is 2. The lowest BCUT2D eigenvalue weighted by Crippen LogP contribution is -2.34. The minimum absolute atomic E-state index is 0.0361. The molecule has 2 heterocycles. The van der Waals surface area contributed by atoms with Gasteiger partial charge in [0.2, 0.25) is 5.78 Å². The van der Waals surface area contributed by atoms with Crippen molar-refractivity contribution in [3.8, 4) is 11.5 Å². The van der Waals surface area contributed by atoms with Gasteiger partial charge in [-0.25, -0.2) is 0 Å². The molecule has 4 nitrogen and oxygen atoms in total. The molecular formula is C21H21NO3. The van der Waals surface area contributed by atoms with Crippen molar-refractivity contribution in [2.45, 2.75) is 33.4 Å². The molecule has 1 unspecified atom stereocenters. The van der Waals surface area contributed by atoms with Crippen molar-refractivity contribution in [2.24, 2.45) is 0 Å². The molecule has 2 aromatic carbocycles. The average molecular weight is 335 g/mol. The van der Waals surface area contributed by atoms with Gasteiger partial charge in [0.1, 0.15) is 18.2 Å². The maximum absolute atomic E-state index is 12.5. The SMILES string of the molecule is CC(C)=C1Oc2c(ccc3c2CN(C(C)c2ccccc2)CO3)C1=O. The molecule has 0 amide bonds. The second-order valence-electron chi connectivity index (χ2n) is 6.79. The van der Waals surface area contributed by atoms with Crippen molar-refractivity contribution in [3.63, 3.8) is 0 Å². The molecule has 0 aliphatic carbocycles. The number of ether oxygens (including phenoxy) is 2. The molecule has 0 saturated heterocycles. The highest BCUT2D eigenvalue weighted by atomic mass is 16.5. The lowest BCUT2D eigenvalue weighted by atomic mass is 10.0. The van der Waals surface area contributed by atoms with Crippen LogP contribution in [-0.4, -0.2) is 17.4 Å². The summed E-state index contributed by atoms with van der Waals surface area (Å²) in [6.07, 6.45) is 0. The highest BCUT2D eigenvalue weighted by Crippen LogP contribution is 2.43. The van der Waals surface area contributed by atoms with E-state index in [1.165, 1.54) is 5.56 Å². The number of allylic oxidation sites excluding steroid dienone is 2. The van der Waals surface area contributed by atoms with Crippen molar-refractivity contribution in [2.75, 3.05) is 6.73 Å². The molecule has 4 rings (SSSR count). The van der Waals surface area contributed by atoms with Gasteiger partial charge < -0.3 is 9.47 Å². The van der Waals surface area contributed by atoms with Gasteiger partial charge in [-0.2, -0.15) is 0 Å². The molecule has 0 bridgehead atoms. The van der Waals surface area contributed by atoms with Gasteiger partial charge in [-0.3, -0.25) is 9.69 Å². The summed E-state index contributed by atoms with van der Waals surface area (Å²) in [6.45, 7) is 7.17. The first-order chi connectivity index (χ1) is 12.1. The zero-order valence-corrected chi connectivity index (χ0v) is 14.7. The molecule has 25 heavy (non-hydrogen) atoms. The fourth-order valence-corrected chi connectivity index (χ4v) is 3.38. The predicted octanol–water partition coefficient (Wildman–Crippen LogP) is 4.47. The Morgan fingerprint density at radius 1 is 1.12 bits per heavy atom. The largest absolute Gasteiger partial charge is 0.478 e. The summed E-state index contributed by atoms with van der Waals surface area (Å²) >= 11 is 0. The van der Waals surface area contributed by atoms with Crippen molar-refractivity contribution in [1.29, 1.82) is 0 Å². The monoisotopic (exact) mass is 335 g/mol. The number of ketones is 1. The molecule has 1 atom stereocenters. The molecule has 0 saturated carbocycles. The Balaban J connectivity index is 1.68. The third kappa shape index (κ3) is 2.63. The van der Waals surface area contributed by atoms with Crippen LogP contribution >= 0.6 is 0 Å². The molecule has 2 aliphatic rings. The first-order valence-corrected chi connectivity index (χ1v) is 8.54. The first kappa shape index (κ1) is 15.9. The third-order valence-corrected chi connectivity index (χ3v) is 4.90. The van der Waals surface area contributed by atoms with Crippen molar-refractivity contribution in [3.05, 3.63) is 70.5 Å². The second-order valence-corrected chi connectivity index (χ2v) is 6.79. The van der Waals surface area contributed by atoms with Crippen LogP contribution in [-0.2, 0) is 6.54 Å². The van der Waals surface area contributed by atoms with Crippen LogP contribution in [0.15, 0.2) is 53.8 Å². The molecule has 0 N–H and O–H groups in total. The Morgan fingerprint density at radius 2 is 1.88 bits per heavy atom. The summed E-state index contributed by atoms with van der Waals surface area (Å²) < 4.78 is 11.9. The van der Waals surface area contributed by atoms with Crippen LogP contribution in [0.1, 0.15) is 48.3 Å². The van der Waals surface area contributed by atoms with E-state index in [-0.39, 0.29) is 11.8 Å². The lowest BCUT2D eigenvalue weighted by molar-refractivity contribution is 0.0605. The number of hydrogen-bond donors (Lipinski definition) is 0. The van der Waals surface area contributed by atoms with E-state index in [1.54, 1.807) is 0 Å². The number of fused-ring (bicyclic) bond motifs is 3. The fourth-order valence-electron chi connectivity index (χ4n) is 3.38. The number of nitrogens with zero attached hydrogens (tertiary/aromatic N) is 1. The molecule has 0 fully saturated rings. The topological polar surface area (TPSA) is 38.8 Å². The Kier molecular flexibility index (Phi) is 3.85. The third-order valence-electron chi connectivity index (χ3n) is 4.90. The molecule has 0 spiro atoms. The van der Waals surface area contributed by atoms with Crippen LogP contribution in [0.2, 0.25) is 0 Å². The minimum Gasteiger partial charge on any atom is -0.478 e. The summed E-state index contributed by atoms with van der Waals surface area (Å²) in [5, 5.41) is 0. The highest BCUT2D eigenvalue weighted by Gasteiger charge is 2.34. The van der Waals surface area contributed by atoms with Crippen LogP contribution in [0.4, 0.5) is 0 Å². The van der Waals surface area contributed by atoms with Crippen LogP contribution < -0.4 is 9.47 Å². The highest BCUT2D eigenvalue weighted by molar-refractivity contribution is 6.13. The van der Waals surface area contributed by atoms with Gasteiger partial charge in [-0.05, 0) is 44.0 Å². The van der Waals surface area contributed by atoms with E-state index in [0.29, 0.717) is 30.3 Å². The van der Waals surface area contributed by atoms with E-state index in [4.69, 9.17) is 9.47 Å². The average Bonchev–Trinajstić information content (AvgIpc) is 2.99. The zero-order valence-electron chi connectivity index (χ0n) is 14.7. The van der Waals surface area contributed by atoms with Crippen LogP contribution in [0, 0.1) is 0 Å². The molecular weight excluding hydrogens is 314 g/mol. The summed E-state index contributed by atoms with van der Waals surface area (Å²) in [5.41, 5.74) is 3.72. The standard InChI is InChI=1S/C21H21NO3/c1-13(2)20-19(23)16-9-10-18-17(21(16)25-20)11-22(12-24-18)14(3)15-7-5-4-6-8-15/h4-10,14H,11-12H2,1-3H3. The Labute approximate surface area is 147 Å². The Bertz CT molecular complexity index is 866. The Hall–Kier alpha value is -2.59. The molecule has 128 valence electrons. The fraction of sp³-hybridized carbons (Fsp3) is 0.286. The van der Waals surface area contributed by atoms with E-state index < -0.39 is 0 Å². The molecule has 4 heteroatoms. The first-order valence-electron chi connectivity index (χ1n) is 8.54. The number of hydrogen-bond acceptors (Lipinski definition) is 4. The number of Topliss-reactive ketones (excluding diaryl/α,β-unsaturated/α-hetero) is 1. The lowest BCUT2D eigenvalue weighted by Gasteiger charge is -2.34. The van der Waals surface area contributed by atoms with Gasteiger partial charge in [0.05, 0.1) is 11.1 Å². The minimum atomic E-state index is -0.0361. The van der Waals surface area contributed by atoms with Crippen molar-refractivity contribution >= 4 is 5.78 Å². The van der Waals surface area contributed by atoms with Gasteiger partial charge in [0.15, 0.2) is 5.76 Å². The second kappa shape index (κ2) is 6.05. The zero-order chi connectivity index (χ0) is 17.6. The van der Waals surface area contributed by atoms with E-state index in [1.807, 2.05) is 44.2 Å². The van der Waals surface area contributed by atoms with Gasteiger partial charge in [0, 0.05) is 12.6 Å². The Morgan fingerprint density at radius 3 is 2.60 bits per heavy atom. The number of carbonyl (C=O) groups is 1. The molecule has 0 aromatic heterocycles. The van der Waals surface area contributed by atoms with Crippen molar-refractivity contribution in [1.82, 2.24) is 4.90 Å². The van der Waals surface area contributed by atoms with Gasteiger partial charge in [-0.1, -0.05) is 30.3 Å². The normalized spacial score (nSPS) is 17.4. The van der Waals surface area contributed by atoms with E-state index in [9.17, 15) is 4.79 Å². The van der Waals surface area contributed by atoms with E-state index >= 15 is 0 Å². The van der Waals surface area contributed by atoms with E-state index in [0.717, 1.165) is 16.9 Å². The summed E-state index contributed by atoms with van der Waals surface area (Å²) in [4.78, 5) is 14.8. The maximum Gasteiger partial charge on any atom is 0.231 e. The van der Waals surface area contributed by atoms with Crippen LogP contribution in [0.5, 0.6) is 11.5 Å². The molecule has 0 radical (unpaired) electrons. The summed E-state index contributed by atoms with van der Waals surface area (Å²) in [5.74, 6) is 1.87. The summed E-state index contributed by atoms with van der Waals surface area (Å²) in [6, 6.07) is 14.3. The van der Waals surface area contributed by atoms with Crippen LogP contribution in [0.3, 0.4) is 0 Å². The maximum atomic E-state index is 12.5. The smallest absolute Gasteiger partial charge is 0.231 e. The van der Waals surface area contributed by atoms with Gasteiger partial charge >= 0.3 is 0 Å². The summed E-state index contributed by atoms with van der Waals surface area (Å²) in [7, 11) is 0. The predicted molar refractivity (Wildman–Crippen MR) is 95.7 cm³/mol. The van der Waals surface area contributed by atoms with Crippen molar-refractivity contribution < 1.29 is 14.3 Å². The molecule has 2 aliphatic heterocycles. The molecule has 2 aromatic rings. The van der Waals surface area contributed by atoms with Gasteiger partial charge in [-0.15, -0.1) is 0 Å². The van der Waals surface area contributed by atoms with Gasteiger partial charge in [0.25, 0.3) is 0 Å². The number of carbonyl (C=O) groups excluding carboxylic acids is 1. The van der Waals surface area contributed by atoms with Crippen LogP contribution in [0.25, 0.3) is 0 Å². The van der Waals surface area contributed by atoms with E-state index in [2.05, 4.69) is 24.0 Å². The quantitative estimate of drug-likeness (QED) is 0.759.